The molecular weight excluding hydrogens is 356 g/mol. The first-order chi connectivity index (χ1) is 13.6. The molecular formula is C21H20N4O3. The summed E-state index contributed by atoms with van der Waals surface area (Å²) in [6, 6.07) is 19.0. The minimum absolute atomic E-state index is 0.0252. The maximum absolute atomic E-state index is 12.3. The van der Waals surface area contributed by atoms with Crippen LogP contribution in [0.5, 0.6) is 0 Å². The van der Waals surface area contributed by atoms with Crippen LogP contribution in [0.4, 0.5) is 0 Å². The summed E-state index contributed by atoms with van der Waals surface area (Å²) in [5.41, 5.74) is 6.81. The van der Waals surface area contributed by atoms with E-state index in [2.05, 4.69) is 16.0 Å². The highest BCUT2D eigenvalue weighted by Gasteiger charge is 2.12. The van der Waals surface area contributed by atoms with Gasteiger partial charge in [0.15, 0.2) is 5.69 Å². The van der Waals surface area contributed by atoms with Gasteiger partial charge in [0.1, 0.15) is 0 Å². The number of hydrazine groups is 1. The average molecular weight is 376 g/mol. The first kappa shape index (κ1) is 19.0. The smallest absolute Gasteiger partial charge is 0.268 e. The third-order valence-corrected chi connectivity index (χ3v) is 4.19. The van der Waals surface area contributed by atoms with E-state index >= 15 is 0 Å². The lowest BCUT2D eigenvalue weighted by Gasteiger charge is -2.09. The van der Waals surface area contributed by atoms with E-state index in [1.165, 1.54) is 16.8 Å². The summed E-state index contributed by atoms with van der Waals surface area (Å²) in [6.07, 6.45) is 0.878. The van der Waals surface area contributed by atoms with Gasteiger partial charge in [0.2, 0.25) is 0 Å². The molecule has 3 rings (SSSR count). The molecule has 2 amide bonds. The van der Waals surface area contributed by atoms with Crippen molar-refractivity contribution in [2.24, 2.45) is 0 Å². The molecule has 0 radical (unpaired) electrons. The van der Waals surface area contributed by atoms with Crippen molar-refractivity contribution >= 4 is 11.8 Å². The zero-order valence-corrected chi connectivity index (χ0v) is 15.4. The Bertz CT molecular complexity index is 1030. The molecule has 0 saturated heterocycles. The van der Waals surface area contributed by atoms with Gasteiger partial charge >= 0.3 is 0 Å². The van der Waals surface area contributed by atoms with Gasteiger partial charge in [-0.3, -0.25) is 25.2 Å². The van der Waals surface area contributed by atoms with E-state index in [1.54, 1.807) is 12.1 Å². The molecule has 0 spiro atoms. The van der Waals surface area contributed by atoms with E-state index in [0.717, 1.165) is 17.5 Å². The molecule has 7 heteroatoms. The van der Waals surface area contributed by atoms with Crippen molar-refractivity contribution in [3.05, 3.63) is 99.5 Å². The van der Waals surface area contributed by atoms with Crippen LogP contribution in [0, 0.1) is 0 Å². The third kappa shape index (κ3) is 4.70. The van der Waals surface area contributed by atoms with E-state index in [1.807, 2.05) is 49.4 Å². The number of benzene rings is 2. The first-order valence-corrected chi connectivity index (χ1v) is 8.88. The van der Waals surface area contributed by atoms with E-state index in [4.69, 9.17) is 0 Å². The number of aromatic nitrogens is 2. The fourth-order valence-electron chi connectivity index (χ4n) is 2.58. The highest BCUT2D eigenvalue weighted by Crippen LogP contribution is 2.05. The number of hydrogen-bond acceptors (Lipinski definition) is 4. The molecule has 7 nitrogen and oxygen atoms in total. The first-order valence-electron chi connectivity index (χ1n) is 8.88. The number of carbonyl (C=O) groups is 2. The normalized spacial score (nSPS) is 10.3. The zero-order chi connectivity index (χ0) is 19.9. The highest BCUT2D eigenvalue weighted by atomic mass is 16.2. The van der Waals surface area contributed by atoms with Crippen molar-refractivity contribution in [1.82, 2.24) is 20.6 Å². The second kappa shape index (κ2) is 8.77. The van der Waals surface area contributed by atoms with Crippen LogP contribution in [0.2, 0.25) is 0 Å². The summed E-state index contributed by atoms with van der Waals surface area (Å²) in [4.78, 5) is 36.4. The lowest BCUT2D eigenvalue weighted by molar-refractivity contribution is 0.0842. The standard InChI is InChI=1S/C21H20N4O3/c1-2-15-8-10-17(11-9-15)20(27)22-23-21(28)18-12-13-19(26)25(24-18)14-16-6-4-3-5-7-16/h3-13H,2,14H2,1H3,(H,22,27)(H,23,28). The van der Waals surface area contributed by atoms with Crippen molar-refractivity contribution in [1.29, 1.82) is 0 Å². The minimum Gasteiger partial charge on any atom is -0.268 e. The summed E-state index contributed by atoms with van der Waals surface area (Å²) in [7, 11) is 0. The topological polar surface area (TPSA) is 93.1 Å². The molecule has 2 N–H and O–H groups in total. The summed E-state index contributed by atoms with van der Waals surface area (Å²) >= 11 is 0. The van der Waals surface area contributed by atoms with E-state index < -0.39 is 11.8 Å². The fraction of sp³-hybridized carbons (Fsp3) is 0.143. The molecule has 1 aromatic heterocycles. The third-order valence-electron chi connectivity index (χ3n) is 4.19. The van der Waals surface area contributed by atoms with Gasteiger partial charge in [-0.05, 0) is 35.7 Å². The van der Waals surface area contributed by atoms with Gasteiger partial charge in [0, 0.05) is 11.6 Å². The maximum Gasteiger partial charge on any atom is 0.290 e. The van der Waals surface area contributed by atoms with Crippen LogP contribution >= 0.6 is 0 Å². The van der Waals surface area contributed by atoms with Crippen LogP contribution in [-0.2, 0) is 13.0 Å². The Balaban J connectivity index is 1.66. The van der Waals surface area contributed by atoms with Gasteiger partial charge < -0.3 is 0 Å². The fourth-order valence-corrected chi connectivity index (χ4v) is 2.58. The van der Waals surface area contributed by atoms with Crippen molar-refractivity contribution in [2.75, 3.05) is 0 Å². The van der Waals surface area contributed by atoms with E-state index in [0.29, 0.717) is 5.56 Å². The monoisotopic (exact) mass is 376 g/mol. The summed E-state index contributed by atoms with van der Waals surface area (Å²) in [6.45, 7) is 2.27. The summed E-state index contributed by atoms with van der Waals surface area (Å²) in [5.74, 6) is -1.05. The quantitative estimate of drug-likeness (QED) is 0.666. The Labute approximate surface area is 162 Å². The van der Waals surface area contributed by atoms with Gasteiger partial charge in [-0.2, -0.15) is 5.10 Å². The van der Waals surface area contributed by atoms with Gasteiger partial charge in [-0.25, -0.2) is 4.68 Å². The van der Waals surface area contributed by atoms with Crippen LogP contribution in [-0.4, -0.2) is 21.6 Å². The summed E-state index contributed by atoms with van der Waals surface area (Å²) < 4.78 is 1.20. The number of rotatable bonds is 5. The van der Waals surface area contributed by atoms with Gasteiger partial charge in [-0.15, -0.1) is 0 Å². The molecule has 1 heterocycles. The second-order valence-electron chi connectivity index (χ2n) is 6.16. The number of carbonyl (C=O) groups excluding carboxylic acids is 2. The zero-order valence-electron chi connectivity index (χ0n) is 15.4. The highest BCUT2D eigenvalue weighted by molar-refractivity contribution is 5.98. The number of amides is 2. The maximum atomic E-state index is 12.3. The second-order valence-corrected chi connectivity index (χ2v) is 6.16. The average Bonchev–Trinajstić information content (AvgIpc) is 2.74. The molecule has 28 heavy (non-hydrogen) atoms. The van der Waals surface area contributed by atoms with Crippen LogP contribution in [0.3, 0.4) is 0 Å². The van der Waals surface area contributed by atoms with Gasteiger partial charge in [0.05, 0.1) is 6.54 Å². The Morgan fingerprint density at radius 1 is 0.857 bits per heavy atom. The molecule has 0 atom stereocenters. The molecule has 142 valence electrons. The molecule has 0 aliphatic carbocycles. The molecule has 3 aromatic rings. The Morgan fingerprint density at radius 3 is 2.21 bits per heavy atom. The predicted octanol–water partition coefficient (Wildman–Crippen LogP) is 1.93. The van der Waals surface area contributed by atoms with Crippen molar-refractivity contribution < 1.29 is 9.59 Å². The van der Waals surface area contributed by atoms with E-state index in [-0.39, 0.29) is 17.8 Å². The molecule has 0 unspecified atom stereocenters. The molecule has 2 aromatic carbocycles. The van der Waals surface area contributed by atoms with Crippen LogP contribution in [0.1, 0.15) is 38.9 Å². The van der Waals surface area contributed by atoms with Crippen molar-refractivity contribution in [3.8, 4) is 0 Å². The largest absolute Gasteiger partial charge is 0.290 e. The minimum atomic E-state index is -0.611. The Hall–Kier alpha value is -3.74. The molecule has 0 saturated carbocycles. The predicted molar refractivity (Wildman–Crippen MR) is 105 cm³/mol. The number of hydrogen-bond donors (Lipinski definition) is 2. The summed E-state index contributed by atoms with van der Waals surface area (Å²) in [5, 5.41) is 4.08. The van der Waals surface area contributed by atoms with Crippen LogP contribution in [0.25, 0.3) is 0 Å². The molecule has 0 aliphatic heterocycles. The van der Waals surface area contributed by atoms with Crippen LogP contribution < -0.4 is 16.4 Å². The van der Waals surface area contributed by atoms with Crippen LogP contribution in [0.15, 0.2) is 71.5 Å². The SMILES string of the molecule is CCc1ccc(C(=O)NNC(=O)c2ccc(=O)n(Cc3ccccc3)n2)cc1. The number of aryl methyl sites for hydroxylation is 1. The Morgan fingerprint density at radius 2 is 1.54 bits per heavy atom. The molecule has 0 aliphatic rings. The van der Waals surface area contributed by atoms with Crippen molar-refractivity contribution in [2.45, 2.75) is 19.9 Å². The lowest BCUT2D eigenvalue weighted by Crippen LogP contribution is -2.42. The lowest BCUT2D eigenvalue weighted by atomic mass is 10.1. The number of nitrogens with zero attached hydrogens (tertiary/aromatic N) is 2. The van der Waals surface area contributed by atoms with Crippen molar-refractivity contribution in [3.63, 3.8) is 0 Å². The number of nitrogens with one attached hydrogen (secondary N) is 2. The van der Waals surface area contributed by atoms with E-state index in [9.17, 15) is 14.4 Å². The van der Waals surface area contributed by atoms with Gasteiger partial charge in [-0.1, -0.05) is 49.4 Å². The molecule has 0 fully saturated rings. The van der Waals surface area contributed by atoms with Gasteiger partial charge in [0.25, 0.3) is 17.4 Å². The molecule has 0 bridgehead atoms. The Kier molecular flexibility index (Phi) is 5.96.